The molecule has 0 aliphatic carbocycles. The predicted molar refractivity (Wildman–Crippen MR) is 99.4 cm³/mol. The largest absolute Gasteiger partial charge is 0.494 e. The van der Waals surface area contributed by atoms with Crippen LogP contribution in [0.5, 0.6) is 5.75 Å². The van der Waals surface area contributed by atoms with Gasteiger partial charge in [-0.25, -0.2) is 0 Å². The summed E-state index contributed by atoms with van der Waals surface area (Å²) < 4.78 is 10.9. The molecular weight excluding hydrogens is 342 g/mol. The lowest BCUT2D eigenvalue weighted by atomic mass is 10.2. The Hall–Kier alpha value is -1.53. The van der Waals surface area contributed by atoms with Crippen LogP contribution >= 0.6 is 23.5 Å². The highest BCUT2D eigenvalue weighted by atomic mass is 32.2. The number of carbonyl (C=O) groups is 1. The molecule has 2 aromatic rings. The van der Waals surface area contributed by atoms with E-state index in [4.69, 9.17) is 9.15 Å². The fourth-order valence-corrected chi connectivity index (χ4v) is 4.67. The van der Waals surface area contributed by atoms with Gasteiger partial charge in [0.2, 0.25) is 5.91 Å². The van der Waals surface area contributed by atoms with E-state index in [-0.39, 0.29) is 11.3 Å². The first kappa shape index (κ1) is 17.3. The lowest BCUT2D eigenvalue weighted by molar-refractivity contribution is -0.127. The summed E-state index contributed by atoms with van der Waals surface area (Å²) in [6.45, 7) is 3.37. The number of hydrogen-bond acceptors (Lipinski definition) is 5. The van der Waals surface area contributed by atoms with Gasteiger partial charge < -0.3 is 14.1 Å². The maximum Gasteiger partial charge on any atom is 0.233 e. The van der Waals surface area contributed by atoms with Gasteiger partial charge in [-0.05, 0) is 36.8 Å². The molecule has 0 spiro atoms. The minimum atomic E-state index is 0.0853. The highest BCUT2D eigenvalue weighted by Gasteiger charge is 2.32. The monoisotopic (exact) mass is 363 g/mol. The molecule has 1 amide bonds. The van der Waals surface area contributed by atoms with E-state index >= 15 is 0 Å². The SMILES string of the molecule is CCOc1cccc(C2SCC(=O)N2CCSCc2ccco2)c1. The predicted octanol–water partition coefficient (Wildman–Crippen LogP) is 4.19. The topological polar surface area (TPSA) is 42.7 Å². The molecule has 1 unspecified atom stereocenters. The molecule has 1 fully saturated rings. The number of carbonyl (C=O) groups excluding carboxylic acids is 1. The van der Waals surface area contributed by atoms with Gasteiger partial charge in [-0.1, -0.05) is 12.1 Å². The third-order valence-electron chi connectivity index (χ3n) is 3.72. The zero-order valence-corrected chi connectivity index (χ0v) is 15.3. The second kappa shape index (κ2) is 8.53. The third kappa shape index (κ3) is 4.30. The van der Waals surface area contributed by atoms with Gasteiger partial charge in [-0.15, -0.1) is 11.8 Å². The second-order valence-electron chi connectivity index (χ2n) is 5.39. The van der Waals surface area contributed by atoms with Gasteiger partial charge in [-0.3, -0.25) is 4.79 Å². The molecule has 1 atom stereocenters. The molecule has 3 rings (SSSR count). The van der Waals surface area contributed by atoms with Crippen LogP contribution in [0.4, 0.5) is 0 Å². The van der Waals surface area contributed by atoms with E-state index in [0.29, 0.717) is 12.4 Å². The molecule has 0 bridgehead atoms. The Balaban J connectivity index is 1.58. The first-order valence-electron chi connectivity index (χ1n) is 8.02. The van der Waals surface area contributed by atoms with Crippen molar-refractivity contribution in [1.82, 2.24) is 4.90 Å². The number of thioether (sulfide) groups is 2. The zero-order chi connectivity index (χ0) is 16.8. The fraction of sp³-hybridized carbons (Fsp3) is 0.389. The number of rotatable bonds is 8. The van der Waals surface area contributed by atoms with Crippen molar-refractivity contribution < 1.29 is 13.9 Å². The molecule has 1 aromatic heterocycles. The van der Waals surface area contributed by atoms with Crippen LogP contribution in [0.2, 0.25) is 0 Å². The van der Waals surface area contributed by atoms with Gasteiger partial charge in [-0.2, -0.15) is 11.8 Å². The van der Waals surface area contributed by atoms with Crippen LogP contribution in [-0.4, -0.2) is 35.5 Å². The van der Waals surface area contributed by atoms with Crippen molar-refractivity contribution in [1.29, 1.82) is 0 Å². The van der Waals surface area contributed by atoms with Crippen molar-refractivity contribution in [3.05, 3.63) is 54.0 Å². The Morgan fingerprint density at radius 2 is 2.29 bits per heavy atom. The molecule has 0 saturated carbocycles. The standard InChI is InChI=1S/C18H21NO3S2/c1-2-21-15-6-3-5-14(11-15)18-19(17(20)13-24-18)8-10-23-12-16-7-4-9-22-16/h3-7,9,11,18H,2,8,10,12-13H2,1H3. The summed E-state index contributed by atoms with van der Waals surface area (Å²) >= 11 is 3.47. The fourth-order valence-electron chi connectivity index (χ4n) is 2.63. The zero-order valence-electron chi connectivity index (χ0n) is 13.6. The lowest BCUT2D eigenvalue weighted by Crippen LogP contribution is -2.30. The summed E-state index contributed by atoms with van der Waals surface area (Å²) in [5.41, 5.74) is 1.13. The highest BCUT2D eigenvalue weighted by molar-refractivity contribution is 8.00. The molecule has 1 aliphatic rings. The Kier molecular flexibility index (Phi) is 6.15. The van der Waals surface area contributed by atoms with Crippen molar-refractivity contribution in [2.75, 3.05) is 24.7 Å². The van der Waals surface area contributed by atoms with Crippen molar-refractivity contribution in [2.45, 2.75) is 18.1 Å². The van der Waals surface area contributed by atoms with E-state index in [9.17, 15) is 4.79 Å². The van der Waals surface area contributed by atoms with Crippen molar-refractivity contribution in [2.24, 2.45) is 0 Å². The molecule has 24 heavy (non-hydrogen) atoms. The van der Waals surface area contributed by atoms with Gasteiger partial charge in [0.15, 0.2) is 0 Å². The molecular formula is C18H21NO3S2. The van der Waals surface area contributed by atoms with Crippen LogP contribution in [0.3, 0.4) is 0 Å². The molecule has 1 aliphatic heterocycles. The Morgan fingerprint density at radius 3 is 3.08 bits per heavy atom. The number of hydrogen-bond donors (Lipinski definition) is 0. The number of furan rings is 1. The van der Waals surface area contributed by atoms with Crippen molar-refractivity contribution in [3.63, 3.8) is 0 Å². The quantitative estimate of drug-likeness (QED) is 0.658. The maximum absolute atomic E-state index is 12.2. The average Bonchev–Trinajstić information content (AvgIpc) is 3.22. The second-order valence-corrected chi connectivity index (χ2v) is 7.56. The van der Waals surface area contributed by atoms with Crippen LogP contribution in [-0.2, 0) is 10.5 Å². The summed E-state index contributed by atoms with van der Waals surface area (Å²) in [6, 6.07) is 11.9. The molecule has 4 nitrogen and oxygen atoms in total. The Bertz CT molecular complexity index is 660. The van der Waals surface area contributed by atoms with E-state index in [1.165, 1.54) is 0 Å². The first-order chi connectivity index (χ1) is 11.8. The molecule has 0 radical (unpaired) electrons. The molecule has 2 heterocycles. The maximum atomic E-state index is 12.2. The summed E-state index contributed by atoms with van der Waals surface area (Å²) in [5.74, 6) is 4.34. The Labute approximate surface area is 150 Å². The summed E-state index contributed by atoms with van der Waals surface area (Å²) in [7, 11) is 0. The average molecular weight is 364 g/mol. The molecule has 6 heteroatoms. The normalized spacial score (nSPS) is 17.5. The van der Waals surface area contributed by atoms with Gasteiger partial charge in [0.1, 0.15) is 16.9 Å². The van der Waals surface area contributed by atoms with Gasteiger partial charge >= 0.3 is 0 Å². The minimum Gasteiger partial charge on any atom is -0.494 e. The van der Waals surface area contributed by atoms with Gasteiger partial charge in [0.25, 0.3) is 0 Å². The van der Waals surface area contributed by atoms with Gasteiger partial charge in [0, 0.05) is 12.3 Å². The number of ether oxygens (including phenoxy) is 1. The van der Waals surface area contributed by atoms with E-state index in [1.54, 1.807) is 29.8 Å². The Morgan fingerprint density at radius 1 is 1.38 bits per heavy atom. The summed E-state index contributed by atoms with van der Waals surface area (Å²) in [6.07, 6.45) is 1.69. The third-order valence-corrected chi connectivity index (χ3v) is 5.94. The molecule has 1 saturated heterocycles. The van der Waals surface area contributed by atoms with Crippen LogP contribution in [0.1, 0.15) is 23.6 Å². The van der Waals surface area contributed by atoms with Gasteiger partial charge in [0.05, 0.1) is 24.4 Å². The number of benzene rings is 1. The van der Waals surface area contributed by atoms with E-state index in [0.717, 1.165) is 35.1 Å². The van der Waals surface area contributed by atoms with E-state index in [1.807, 2.05) is 42.2 Å². The summed E-state index contributed by atoms with van der Waals surface area (Å²) in [5, 5.41) is 0.0853. The first-order valence-corrected chi connectivity index (χ1v) is 10.2. The van der Waals surface area contributed by atoms with Crippen LogP contribution < -0.4 is 4.74 Å². The van der Waals surface area contributed by atoms with Crippen molar-refractivity contribution in [3.8, 4) is 5.75 Å². The molecule has 128 valence electrons. The number of amides is 1. The van der Waals surface area contributed by atoms with E-state index < -0.39 is 0 Å². The minimum absolute atomic E-state index is 0.0853. The number of nitrogens with zero attached hydrogens (tertiary/aromatic N) is 1. The van der Waals surface area contributed by atoms with Crippen LogP contribution in [0.15, 0.2) is 47.1 Å². The molecule has 1 aromatic carbocycles. The van der Waals surface area contributed by atoms with Crippen molar-refractivity contribution >= 4 is 29.4 Å². The van der Waals surface area contributed by atoms with Crippen LogP contribution in [0.25, 0.3) is 0 Å². The smallest absolute Gasteiger partial charge is 0.233 e. The van der Waals surface area contributed by atoms with E-state index in [2.05, 4.69) is 6.07 Å². The van der Waals surface area contributed by atoms with Crippen LogP contribution in [0, 0.1) is 0 Å². The highest BCUT2D eigenvalue weighted by Crippen LogP contribution is 2.39. The molecule has 0 N–H and O–H groups in total. The summed E-state index contributed by atoms with van der Waals surface area (Å²) in [4.78, 5) is 14.2. The lowest BCUT2D eigenvalue weighted by Gasteiger charge is -2.24.